The third kappa shape index (κ3) is 3.13. The van der Waals surface area contributed by atoms with Crippen LogP contribution in [-0.2, 0) is 26.3 Å². The first-order valence-corrected chi connectivity index (χ1v) is 11.9. The Morgan fingerprint density at radius 3 is 2.53 bits per heavy atom. The number of nitrogens with zero attached hydrogens (tertiary/aromatic N) is 1. The van der Waals surface area contributed by atoms with Gasteiger partial charge in [0.2, 0.25) is 17.7 Å². The van der Waals surface area contributed by atoms with Gasteiger partial charge in [0.25, 0.3) is 0 Å². The molecule has 7 heteroatoms. The number of hydrogen-bond acceptors (Lipinski definition) is 4. The van der Waals surface area contributed by atoms with Crippen molar-refractivity contribution in [3.05, 3.63) is 64.1 Å². The molecule has 6 nitrogen and oxygen atoms in total. The molecule has 1 spiro atoms. The number of nitrogens with one attached hydrogen (secondary N) is 2. The zero-order valence-electron chi connectivity index (χ0n) is 18.1. The van der Waals surface area contributed by atoms with E-state index in [0.29, 0.717) is 31.0 Å². The van der Waals surface area contributed by atoms with Gasteiger partial charge in [-0.05, 0) is 42.5 Å². The lowest BCUT2D eigenvalue weighted by molar-refractivity contribution is -0.142. The van der Waals surface area contributed by atoms with Crippen LogP contribution in [0.3, 0.4) is 0 Å². The molecule has 0 radical (unpaired) electrons. The van der Waals surface area contributed by atoms with Gasteiger partial charge in [0, 0.05) is 28.3 Å². The maximum absolute atomic E-state index is 13.7. The minimum absolute atomic E-state index is 0.165. The molecule has 4 atom stereocenters. The number of likely N-dealkylation sites (tertiary alicyclic amines) is 1. The van der Waals surface area contributed by atoms with Crippen LogP contribution >= 0.6 is 15.9 Å². The van der Waals surface area contributed by atoms with Crippen LogP contribution in [-0.4, -0.2) is 35.2 Å². The fourth-order valence-corrected chi connectivity index (χ4v) is 6.01. The van der Waals surface area contributed by atoms with Gasteiger partial charge < -0.3 is 5.32 Å². The molecule has 2 aromatic rings. The van der Waals surface area contributed by atoms with Crippen LogP contribution < -0.4 is 10.6 Å². The van der Waals surface area contributed by atoms with Gasteiger partial charge in [-0.25, -0.2) is 0 Å². The van der Waals surface area contributed by atoms with E-state index in [1.54, 1.807) is 0 Å². The fourth-order valence-electron chi connectivity index (χ4n) is 5.65. The largest absolute Gasteiger partial charge is 0.324 e. The van der Waals surface area contributed by atoms with Crippen molar-refractivity contribution in [1.82, 2.24) is 10.2 Å². The Kier molecular flexibility index (Phi) is 5.21. The molecular weight excluding hydrogens is 470 g/mol. The van der Waals surface area contributed by atoms with Gasteiger partial charge in [0.1, 0.15) is 5.54 Å². The molecule has 5 rings (SSSR count). The zero-order valence-corrected chi connectivity index (χ0v) is 19.7. The average molecular weight is 496 g/mol. The molecule has 3 aliphatic rings. The van der Waals surface area contributed by atoms with Crippen molar-refractivity contribution in [2.24, 2.45) is 17.8 Å². The number of imide groups is 1. The highest BCUT2D eigenvalue weighted by Gasteiger charge is 2.70. The first-order chi connectivity index (χ1) is 15.3. The lowest BCUT2D eigenvalue weighted by Gasteiger charge is -2.30. The van der Waals surface area contributed by atoms with Crippen LogP contribution in [0.5, 0.6) is 0 Å². The van der Waals surface area contributed by atoms with E-state index >= 15 is 0 Å². The van der Waals surface area contributed by atoms with Crippen LogP contribution in [0.2, 0.25) is 0 Å². The summed E-state index contributed by atoms with van der Waals surface area (Å²) in [6.07, 6.45) is 1.31. The number of rotatable bonds is 5. The topological polar surface area (TPSA) is 78.5 Å². The molecule has 3 aliphatic heterocycles. The molecule has 3 amide bonds. The summed E-state index contributed by atoms with van der Waals surface area (Å²) in [4.78, 5) is 42.1. The highest BCUT2D eigenvalue weighted by atomic mass is 79.9. The molecule has 4 unspecified atom stereocenters. The monoisotopic (exact) mass is 495 g/mol. The summed E-state index contributed by atoms with van der Waals surface area (Å²) in [5, 5.41) is 6.43. The van der Waals surface area contributed by atoms with E-state index in [0.717, 1.165) is 15.6 Å². The summed E-state index contributed by atoms with van der Waals surface area (Å²) in [5.74, 6) is -1.64. The predicted molar refractivity (Wildman–Crippen MR) is 125 cm³/mol. The zero-order chi connectivity index (χ0) is 22.6. The van der Waals surface area contributed by atoms with Crippen molar-refractivity contribution in [3.8, 4) is 0 Å². The number of anilines is 1. The summed E-state index contributed by atoms with van der Waals surface area (Å²) < 4.78 is 0.829. The van der Waals surface area contributed by atoms with Gasteiger partial charge in [-0.15, -0.1) is 0 Å². The minimum Gasteiger partial charge on any atom is -0.324 e. The van der Waals surface area contributed by atoms with E-state index in [1.807, 2.05) is 48.5 Å². The van der Waals surface area contributed by atoms with Crippen LogP contribution in [0.15, 0.2) is 53.0 Å². The predicted octanol–water partition coefficient (Wildman–Crippen LogP) is 3.46. The van der Waals surface area contributed by atoms with E-state index < -0.39 is 17.4 Å². The smallest absolute Gasteiger partial charge is 0.250 e. The minimum atomic E-state index is -1.22. The number of hydrogen-bond donors (Lipinski definition) is 2. The molecule has 2 aromatic carbocycles. The first-order valence-electron chi connectivity index (χ1n) is 11.1. The molecule has 0 bridgehead atoms. The maximum atomic E-state index is 13.7. The summed E-state index contributed by atoms with van der Waals surface area (Å²) in [6.45, 7) is 4.51. The third-order valence-electron chi connectivity index (χ3n) is 6.96. The lowest BCUT2D eigenvalue weighted by atomic mass is 9.76. The molecule has 166 valence electrons. The molecule has 3 heterocycles. The molecule has 2 saturated heterocycles. The number of amides is 3. The highest BCUT2D eigenvalue weighted by molar-refractivity contribution is 9.10. The number of carbonyl (C=O) groups excluding carboxylic acids is 3. The number of carbonyl (C=O) groups is 3. The van der Waals surface area contributed by atoms with Crippen LogP contribution in [0, 0.1) is 17.8 Å². The first kappa shape index (κ1) is 21.3. The molecular formula is C25H26BrN3O3. The van der Waals surface area contributed by atoms with Gasteiger partial charge in [-0.3, -0.25) is 24.6 Å². The van der Waals surface area contributed by atoms with Gasteiger partial charge in [0.05, 0.1) is 11.8 Å². The highest BCUT2D eigenvalue weighted by Crippen LogP contribution is 2.54. The number of fused-ring (bicyclic) bond motifs is 4. The lowest BCUT2D eigenvalue weighted by Crippen LogP contribution is -2.53. The molecule has 0 aliphatic carbocycles. The Labute approximate surface area is 195 Å². The van der Waals surface area contributed by atoms with E-state index in [4.69, 9.17) is 0 Å². The van der Waals surface area contributed by atoms with Crippen molar-refractivity contribution in [3.63, 3.8) is 0 Å². The van der Waals surface area contributed by atoms with Crippen molar-refractivity contribution in [1.29, 1.82) is 0 Å². The van der Waals surface area contributed by atoms with Gasteiger partial charge in [-0.1, -0.05) is 60.1 Å². The van der Waals surface area contributed by atoms with Gasteiger partial charge in [-0.2, -0.15) is 0 Å². The molecule has 0 aromatic heterocycles. The Morgan fingerprint density at radius 2 is 1.81 bits per heavy atom. The van der Waals surface area contributed by atoms with Crippen molar-refractivity contribution in [2.45, 2.75) is 38.3 Å². The summed E-state index contributed by atoms with van der Waals surface area (Å²) in [5.41, 5.74) is 1.28. The number of halogens is 1. The number of benzene rings is 2. The molecule has 32 heavy (non-hydrogen) atoms. The molecule has 2 N–H and O–H groups in total. The average Bonchev–Trinajstić information content (AvgIpc) is 3.32. The SMILES string of the molecule is CC(C)CC1NC2(C(=O)Nc3ccc(Br)cc32)C2C(=O)N(CCc3ccccc3)C(=O)C12. The second-order valence-electron chi connectivity index (χ2n) is 9.40. The van der Waals surface area contributed by atoms with E-state index in [9.17, 15) is 14.4 Å². The van der Waals surface area contributed by atoms with Crippen molar-refractivity contribution < 1.29 is 14.4 Å². The summed E-state index contributed by atoms with van der Waals surface area (Å²) in [7, 11) is 0. The molecule has 0 saturated carbocycles. The fraction of sp³-hybridized carbons (Fsp3) is 0.400. The van der Waals surface area contributed by atoms with Crippen molar-refractivity contribution in [2.75, 3.05) is 11.9 Å². The van der Waals surface area contributed by atoms with E-state index in [2.05, 4.69) is 40.4 Å². The molecule has 2 fully saturated rings. The summed E-state index contributed by atoms with van der Waals surface area (Å²) in [6, 6.07) is 15.2. The Morgan fingerprint density at radius 1 is 1.06 bits per heavy atom. The second-order valence-corrected chi connectivity index (χ2v) is 10.3. The normalized spacial score (nSPS) is 28.6. The van der Waals surface area contributed by atoms with Crippen molar-refractivity contribution >= 4 is 39.3 Å². The maximum Gasteiger partial charge on any atom is 0.250 e. The van der Waals surface area contributed by atoms with Gasteiger partial charge in [0.15, 0.2) is 0 Å². The Bertz CT molecular complexity index is 1100. The van der Waals surface area contributed by atoms with Gasteiger partial charge >= 0.3 is 0 Å². The second kappa shape index (κ2) is 7.81. The Balaban J connectivity index is 1.54. The van der Waals surface area contributed by atoms with Crippen LogP contribution in [0.25, 0.3) is 0 Å². The van der Waals surface area contributed by atoms with Crippen LogP contribution in [0.4, 0.5) is 5.69 Å². The van der Waals surface area contributed by atoms with Crippen LogP contribution in [0.1, 0.15) is 31.4 Å². The standard InChI is InChI=1S/C25H26BrN3O3/c1-14(2)12-19-20-21(23(31)29(22(20)30)11-10-15-6-4-3-5-7-15)25(28-19)17-13-16(26)8-9-18(17)27-24(25)32/h3-9,13-14,19-21,28H,10-12H2,1-2H3,(H,27,32). The Hall–Kier alpha value is -2.51. The van der Waals surface area contributed by atoms with E-state index in [1.165, 1.54) is 4.90 Å². The third-order valence-corrected chi connectivity index (χ3v) is 7.45. The quantitative estimate of drug-likeness (QED) is 0.622. The summed E-state index contributed by atoms with van der Waals surface area (Å²) >= 11 is 3.50. The van der Waals surface area contributed by atoms with E-state index in [-0.39, 0.29) is 23.8 Å².